The van der Waals surface area contributed by atoms with Crippen molar-refractivity contribution < 1.29 is 38.2 Å². The zero-order valence-corrected chi connectivity index (χ0v) is 33.2. The number of aliphatic imine (C=N–C) groups is 1. The number of piperidine rings is 1. The van der Waals surface area contributed by atoms with E-state index in [4.69, 9.17) is 26.7 Å². The number of fused-ring (bicyclic) bond motifs is 2. The van der Waals surface area contributed by atoms with Crippen LogP contribution in [0.5, 0.6) is 0 Å². The van der Waals surface area contributed by atoms with Gasteiger partial charge < -0.3 is 52.4 Å². The summed E-state index contributed by atoms with van der Waals surface area (Å²) in [6.07, 6.45) is -0.108. The molecule has 0 radical (unpaired) electrons. The van der Waals surface area contributed by atoms with Crippen LogP contribution >= 0.6 is 0 Å². The second-order valence-corrected chi connectivity index (χ2v) is 14.6. The molecule has 17 nitrogen and oxygen atoms in total. The third-order valence-electron chi connectivity index (χ3n) is 10.7. The SMILES string of the molecule is CCC(C)C1NC(=O)C(Cc2ccccc2)N(C)C(=O)C(C(C)CC)N2C(=O)C(CCC2OC)NC(=O)C(CCCN=C(N)N)NC(=O)C(N)C(C)OC1=O. The number of nitrogens with one attached hydrogen (secondary N) is 3. The van der Waals surface area contributed by atoms with Crippen LogP contribution in [0.2, 0.25) is 0 Å². The Morgan fingerprint density at radius 2 is 1.58 bits per heavy atom. The van der Waals surface area contributed by atoms with Crippen molar-refractivity contribution in [1.29, 1.82) is 0 Å². The highest BCUT2D eigenvalue weighted by Crippen LogP contribution is 2.29. The predicted octanol–water partition coefficient (Wildman–Crippen LogP) is -0.108. The number of ether oxygens (including phenoxy) is 2. The number of carbonyl (C=O) groups is 6. The number of nitrogens with two attached hydrogens (primary N) is 3. The van der Waals surface area contributed by atoms with Gasteiger partial charge in [0.1, 0.15) is 48.6 Å². The molecule has 2 fully saturated rings. The number of cyclic esters (lactones) is 1. The van der Waals surface area contributed by atoms with Crippen LogP contribution in [0.25, 0.3) is 0 Å². The third-order valence-corrected chi connectivity index (χ3v) is 10.7. The van der Waals surface area contributed by atoms with Gasteiger partial charge in [0.2, 0.25) is 29.5 Å². The van der Waals surface area contributed by atoms with Gasteiger partial charge in [-0.15, -0.1) is 0 Å². The van der Waals surface area contributed by atoms with Crippen molar-refractivity contribution in [2.24, 2.45) is 34.0 Å². The van der Waals surface area contributed by atoms with E-state index in [1.54, 1.807) is 6.92 Å². The lowest BCUT2D eigenvalue weighted by molar-refractivity contribution is -0.171. The molecular formula is C38H61N9O8. The minimum Gasteiger partial charge on any atom is -0.459 e. The second kappa shape index (κ2) is 20.8. The number of hydrogen-bond acceptors (Lipinski definition) is 10. The monoisotopic (exact) mass is 771 g/mol. The molecule has 2 aliphatic rings. The molecule has 2 saturated heterocycles. The summed E-state index contributed by atoms with van der Waals surface area (Å²) in [5.41, 5.74) is 18.0. The number of guanidine groups is 1. The average molecular weight is 772 g/mol. The summed E-state index contributed by atoms with van der Waals surface area (Å²) >= 11 is 0. The molecule has 5 amide bonds. The summed E-state index contributed by atoms with van der Waals surface area (Å²) in [5.74, 6) is -4.91. The number of methoxy groups -OCH3 is 1. The van der Waals surface area contributed by atoms with Crippen molar-refractivity contribution in [1.82, 2.24) is 25.8 Å². The van der Waals surface area contributed by atoms with Gasteiger partial charge in [-0.1, -0.05) is 70.9 Å². The van der Waals surface area contributed by atoms with Gasteiger partial charge in [-0.25, -0.2) is 4.79 Å². The first-order chi connectivity index (χ1) is 26.1. The summed E-state index contributed by atoms with van der Waals surface area (Å²) in [6.45, 7) is 8.95. The first-order valence-corrected chi connectivity index (χ1v) is 19.1. The second-order valence-electron chi connectivity index (χ2n) is 14.6. The number of amides is 5. The molecule has 0 aliphatic carbocycles. The molecule has 0 saturated carbocycles. The zero-order chi connectivity index (χ0) is 41.0. The Balaban J connectivity index is 2.18. The minimum absolute atomic E-state index is 0.0737. The number of esters is 1. The van der Waals surface area contributed by atoms with Crippen molar-refractivity contribution in [2.45, 2.75) is 128 Å². The van der Waals surface area contributed by atoms with Crippen LogP contribution in [0.3, 0.4) is 0 Å². The van der Waals surface area contributed by atoms with Crippen LogP contribution in [0.4, 0.5) is 0 Å². The molecular weight excluding hydrogens is 710 g/mol. The van der Waals surface area contributed by atoms with Crippen LogP contribution < -0.4 is 33.2 Å². The van der Waals surface area contributed by atoms with Crippen LogP contribution in [0, 0.1) is 11.8 Å². The summed E-state index contributed by atoms with van der Waals surface area (Å²) in [6, 6.07) is 2.09. The van der Waals surface area contributed by atoms with E-state index in [-0.39, 0.29) is 44.6 Å². The Morgan fingerprint density at radius 3 is 2.18 bits per heavy atom. The van der Waals surface area contributed by atoms with Crippen molar-refractivity contribution >= 4 is 41.5 Å². The lowest BCUT2D eigenvalue weighted by Crippen LogP contribution is -2.66. The maximum absolute atomic E-state index is 14.8. The van der Waals surface area contributed by atoms with Crippen LogP contribution in [0.15, 0.2) is 35.3 Å². The molecule has 2 heterocycles. The smallest absolute Gasteiger partial charge is 0.329 e. The molecule has 306 valence electrons. The Kier molecular flexibility index (Phi) is 16.9. The molecule has 1 aromatic rings. The lowest BCUT2D eigenvalue weighted by Gasteiger charge is -2.46. The number of carbonyl (C=O) groups excluding carboxylic acids is 6. The highest BCUT2D eigenvalue weighted by molar-refractivity contribution is 5.97. The summed E-state index contributed by atoms with van der Waals surface area (Å²) < 4.78 is 11.5. The van der Waals surface area contributed by atoms with Crippen LogP contribution in [-0.2, 0) is 44.7 Å². The van der Waals surface area contributed by atoms with Gasteiger partial charge in [-0.05, 0) is 50.0 Å². The number of hydrogen-bond donors (Lipinski definition) is 6. The molecule has 55 heavy (non-hydrogen) atoms. The Labute approximate surface area is 323 Å². The molecule has 2 bridgehead atoms. The fraction of sp³-hybridized carbons (Fsp3) is 0.658. The molecule has 2 aliphatic heterocycles. The molecule has 10 atom stereocenters. The van der Waals surface area contributed by atoms with Crippen molar-refractivity contribution in [2.75, 3.05) is 20.7 Å². The van der Waals surface area contributed by atoms with Crippen LogP contribution in [-0.4, -0.2) is 121 Å². The normalized spacial score (nSPS) is 28.7. The van der Waals surface area contributed by atoms with Crippen molar-refractivity contribution in [3.8, 4) is 0 Å². The molecule has 0 spiro atoms. The van der Waals surface area contributed by atoms with Crippen molar-refractivity contribution in [3.05, 3.63) is 35.9 Å². The van der Waals surface area contributed by atoms with E-state index in [9.17, 15) is 28.8 Å². The fourth-order valence-corrected chi connectivity index (χ4v) is 6.81. The first-order valence-electron chi connectivity index (χ1n) is 19.1. The van der Waals surface area contributed by atoms with E-state index in [0.717, 1.165) is 5.56 Å². The molecule has 0 aromatic heterocycles. The third kappa shape index (κ3) is 11.6. The van der Waals surface area contributed by atoms with Crippen molar-refractivity contribution in [3.63, 3.8) is 0 Å². The van der Waals surface area contributed by atoms with Gasteiger partial charge in [0.25, 0.3) is 0 Å². The van der Waals surface area contributed by atoms with Crippen LogP contribution in [0.1, 0.15) is 78.7 Å². The first kappa shape index (κ1) is 44.6. The molecule has 10 unspecified atom stereocenters. The largest absolute Gasteiger partial charge is 0.459 e. The summed E-state index contributed by atoms with van der Waals surface area (Å²) in [4.78, 5) is 91.5. The Hall–Kier alpha value is -4.77. The summed E-state index contributed by atoms with van der Waals surface area (Å²) in [7, 11) is 2.95. The van der Waals surface area contributed by atoms with Gasteiger partial charge in [-0.2, -0.15) is 0 Å². The van der Waals surface area contributed by atoms with Gasteiger partial charge in [0.05, 0.1) is 0 Å². The Morgan fingerprint density at radius 1 is 0.927 bits per heavy atom. The van der Waals surface area contributed by atoms with Gasteiger partial charge in [0, 0.05) is 27.1 Å². The van der Waals surface area contributed by atoms with Gasteiger partial charge in [-0.3, -0.25) is 29.0 Å². The average Bonchev–Trinajstić information content (AvgIpc) is 3.16. The number of benzene rings is 1. The predicted molar refractivity (Wildman–Crippen MR) is 206 cm³/mol. The van der Waals surface area contributed by atoms with E-state index in [0.29, 0.717) is 12.8 Å². The zero-order valence-electron chi connectivity index (χ0n) is 33.2. The van der Waals surface area contributed by atoms with E-state index >= 15 is 0 Å². The quantitative estimate of drug-likeness (QED) is 0.0749. The van der Waals surface area contributed by atoms with Gasteiger partial charge in [0.15, 0.2) is 5.96 Å². The van der Waals surface area contributed by atoms with E-state index in [2.05, 4.69) is 20.9 Å². The maximum Gasteiger partial charge on any atom is 0.329 e. The number of nitrogens with zero attached hydrogens (tertiary/aromatic N) is 3. The topological polar surface area (TPSA) is 254 Å². The molecule has 9 N–H and O–H groups in total. The molecule has 3 rings (SSSR count). The van der Waals surface area contributed by atoms with E-state index in [1.165, 1.54) is 30.9 Å². The highest BCUT2D eigenvalue weighted by Gasteiger charge is 2.47. The van der Waals surface area contributed by atoms with E-state index in [1.807, 2.05) is 51.1 Å². The maximum atomic E-state index is 14.8. The van der Waals surface area contributed by atoms with E-state index < -0.39 is 95.9 Å². The number of likely N-dealkylation sites (N-methyl/N-ethyl adjacent to an activating group) is 1. The molecule has 17 heteroatoms. The van der Waals surface area contributed by atoms with Gasteiger partial charge >= 0.3 is 5.97 Å². The fourth-order valence-electron chi connectivity index (χ4n) is 6.81. The summed E-state index contributed by atoms with van der Waals surface area (Å²) in [5, 5.41) is 8.27. The lowest BCUT2D eigenvalue weighted by atomic mass is 9.91. The standard InChI is InChI=1S/C38H61N9O8/c1-8-21(3)30-37(53)55-23(5)29(39)34(50)43-25(16-13-19-42-38(40)41)32(48)44-26-17-18-28(54-7)47(35(26)51)31(22(4)9-2)36(52)46(6)27(33(49)45-30)20-24-14-11-10-12-15-24/h10-12,14-15,21-23,25-31H,8-9,13,16-20,39H2,1-7H3,(H,43,50)(H,44,48)(H,45,49)(H4,40,41,42). The minimum atomic E-state index is -1.41. The molecule has 1 aromatic carbocycles. The number of rotatable bonds is 11. The highest BCUT2D eigenvalue weighted by atomic mass is 16.5. The Bertz CT molecular complexity index is 1520.